The number of benzene rings is 1. The number of thiophene rings is 1. The lowest BCUT2D eigenvalue weighted by Crippen LogP contribution is -2.18. The summed E-state index contributed by atoms with van der Waals surface area (Å²) in [5.41, 5.74) is 3.38. The molecule has 4 aromatic rings. The van der Waals surface area contributed by atoms with Gasteiger partial charge in [-0.05, 0) is 35.4 Å². The van der Waals surface area contributed by atoms with Crippen LogP contribution in [0.5, 0.6) is 0 Å². The highest BCUT2D eigenvalue weighted by atomic mass is 32.1. The first-order valence-electron chi connectivity index (χ1n) is 7.19. The van der Waals surface area contributed by atoms with Crippen molar-refractivity contribution in [1.82, 2.24) is 14.6 Å². The van der Waals surface area contributed by atoms with E-state index in [0.717, 1.165) is 23.6 Å². The Morgan fingerprint density at radius 3 is 3.05 bits per heavy atom. The Kier molecular flexibility index (Phi) is 3.08. The minimum Gasteiger partial charge on any atom is -0.354 e. The van der Waals surface area contributed by atoms with Crippen LogP contribution in [0, 0.1) is 6.92 Å². The fraction of sp³-hybridized carbons (Fsp3) is 0.176. The fourth-order valence-electron chi connectivity index (χ4n) is 2.81. The van der Waals surface area contributed by atoms with Crippen LogP contribution in [0.1, 0.15) is 11.3 Å². The van der Waals surface area contributed by atoms with Crippen molar-refractivity contribution < 1.29 is 0 Å². The Morgan fingerprint density at radius 2 is 2.14 bits per heavy atom. The van der Waals surface area contributed by atoms with Crippen molar-refractivity contribution in [3.63, 3.8) is 0 Å². The van der Waals surface area contributed by atoms with E-state index >= 15 is 0 Å². The summed E-state index contributed by atoms with van der Waals surface area (Å²) in [4.78, 5) is 6.73. The first-order valence-corrected chi connectivity index (χ1v) is 8.07. The Labute approximate surface area is 132 Å². The zero-order valence-electron chi connectivity index (χ0n) is 12.5. The van der Waals surface area contributed by atoms with Gasteiger partial charge in [0.05, 0.1) is 5.69 Å². The maximum Gasteiger partial charge on any atom is 0.154 e. The molecule has 3 heterocycles. The van der Waals surface area contributed by atoms with Crippen LogP contribution in [0.3, 0.4) is 0 Å². The second-order valence-corrected chi connectivity index (χ2v) is 6.39. The quantitative estimate of drug-likeness (QED) is 0.576. The smallest absolute Gasteiger partial charge is 0.154 e. The minimum atomic E-state index is 0.834. The SMILES string of the molecule is Cc1cc2c(N(C)Cc3csc4ccccc34)nccn2n1. The van der Waals surface area contributed by atoms with E-state index in [1.807, 2.05) is 17.6 Å². The molecule has 0 amide bonds. The van der Waals surface area contributed by atoms with Gasteiger partial charge in [-0.2, -0.15) is 5.10 Å². The summed E-state index contributed by atoms with van der Waals surface area (Å²) < 4.78 is 3.22. The highest BCUT2D eigenvalue weighted by Gasteiger charge is 2.12. The second kappa shape index (κ2) is 5.10. The van der Waals surface area contributed by atoms with Gasteiger partial charge >= 0.3 is 0 Å². The molecule has 4 nitrogen and oxygen atoms in total. The lowest BCUT2D eigenvalue weighted by atomic mass is 10.1. The second-order valence-electron chi connectivity index (χ2n) is 5.48. The third-order valence-electron chi connectivity index (χ3n) is 3.82. The van der Waals surface area contributed by atoms with Gasteiger partial charge in [-0.25, -0.2) is 9.50 Å². The van der Waals surface area contributed by atoms with E-state index < -0.39 is 0 Å². The Hall–Kier alpha value is -2.40. The van der Waals surface area contributed by atoms with Gasteiger partial charge in [0.1, 0.15) is 5.52 Å². The van der Waals surface area contributed by atoms with Gasteiger partial charge in [-0.3, -0.25) is 0 Å². The average molecular weight is 308 g/mol. The van der Waals surface area contributed by atoms with E-state index in [1.54, 1.807) is 17.5 Å². The topological polar surface area (TPSA) is 33.4 Å². The molecule has 110 valence electrons. The number of aryl methyl sites for hydroxylation is 1. The van der Waals surface area contributed by atoms with Crippen molar-refractivity contribution in [2.24, 2.45) is 0 Å². The van der Waals surface area contributed by atoms with Crippen molar-refractivity contribution in [1.29, 1.82) is 0 Å². The van der Waals surface area contributed by atoms with Crippen molar-refractivity contribution >= 4 is 32.8 Å². The third-order valence-corrected chi connectivity index (χ3v) is 4.83. The lowest BCUT2D eigenvalue weighted by molar-refractivity contribution is 0.876. The summed E-state index contributed by atoms with van der Waals surface area (Å²) in [5.74, 6) is 0.957. The molecule has 0 aliphatic rings. The van der Waals surface area contributed by atoms with Gasteiger partial charge in [-0.15, -0.1) is 11.3 Å². The number of aromatic nitrogens is 3. The summed E-state index contributed by atoms with van der Waals surface area (Å²) in [7, 11) is 2.08. The molecule has 0 spiro atoms. The van der Waals surface area contributed by atoms with Gasteiger partial charge in [0.25, 0.3) is 0 Å². The molecular formula is C17H16N4S. The van der Waals surface area contributed by atoms with E-state index in [4.69, 9.17) is 0 Å². The van der Waals surface area contributed by atoms with Crippen LogP contribution in [-0.4, -0.2) is 21.6 Å². The molecule has 0 atom stereocenters. The van der Waals surface area contributed by atoms with E-state index in [1.165, 1.54) is 15.6 Å². The molecule has 5 heteroatoms. The van der Waals surface area contributed by atoms with Crippen LogP contribution in [0.4, 0.5) is 5.82 Å². The molecule has 0 aliphatic carbocycles. The van der Waals surface area contributed by atoms with E-state index in [2.05, 4.69) is 57.7 Å². The van der Waals surface area contributed by atoms with Crippen molar-refractivity contribution in [3.05, 3.63) is 59.4 Å². The lowest BCUT2D eigenvalue weighted by Gasteiger charge is -2.18. The van der Waals surface area contributed by atoms with E-state index in [9.17, 15) is 0 Å². The normalized spacial score (nSPS) is 11.4. The minimum absolute atomic E-state index is 0.834. The van der Waals surface area contributed by atoms with Crippen LogP contribution >= 0.6 is 11.3 Å². The first-order chi connectivity index (χ1) is 10.7. The number of anilines is 1. The third kappa shape index (κ3) is 2.14. The summed E-state index contributed by atoms with van der Waals surface area (Å²) in [6.45, 7) is 2.84. The van der Waals surface area contributed by atoms with Crippen molar-refractivity contribution in [3.8, 4) is 0 Å². The molecule has 1 aromatic carbocycles. The predicted octanol–water partition coefficient (Wildman–Crippen LogP) is 3.89. The van der Waals surface area contributed by atoms with Gasteiger partial charge in [-0.1, -0.05) is 18.2 Å². The molecule has 4 rings (SSSR count). The van der Waals surface area contributed by atoms with Crippen LogP contribution < -0.4 is 4.90 Å². The number of hydrogen-bond acceptors (Lipinski definition) is 4. The van der Waals surface area contributed by atoms with Crippen LogP contribution in [-0.2, 0) is 6.54 Å². The Morgan fingerprint density at radius 1 is 1.27 bits per heavy atom. The molecule has 0 radical (unpaired) electrons. The summed E-state index contributed by atoms with van der Waals surface area (Å²) in [6, 6.07) is 10.6. The van der Waals surface area contributed by atoms with Crippen LogP contribution in [0.15, 0.2) is 48.1 Å². The molecule has 0 N–H and O–H groups in total. The largest absolute Gasteiger partial charge is 0.354 e. The van der Waals surface area contributed by atoms with Gasteiger partial charge in [0, 0.05) is 30.7 Å². The monoisotopic (exact) mass is 308 g/mol. The Bertz CT molecular complexity index is 954. The zero-order valence-corrected chi connectivity index (χ0v) is 13.3. The Balaban J connectivity index is 1.73. The molecule has 22 heavy (non-hydrogen) atoms. The fourth-order valence-corrected chi connectivity index (χ4v) is 3.76. The van der Waals surface area contributed by atoms with Gasteiger partial charge < -0.3 is 4.90 Å². The number of rotatable bonds is 3. The number of fused-ring (bicyclic) bond motifs is 2. The van der Waals surface area contributed by atoms with Crippen LogP contribution in [0.2, 0.25) is 0 Å². The maximum atomic E-state index is 4.55. The predicted molar refractivity (Wildman–Crippen MR) is 91.7 cm³/mol. The highest BCUT2D eigenvalue weighted by Crippen LogP contribution is 2.28. The molecule has 0 aliphatic heterocycles. The van der Waals surface area contributed by atoms with Gasteiger partial charge in [0.2, 0.25) is 0 Å². The molecule has 0 saturated carbocycles. The molecule has 0 fully saturated rings. The maximum absolute atomic E-state index is 4.55. The molecular weight excluding hydrogens is 292 g/mol. The number of hydrogen-bond donors (Lipinski definition) is 0. The molecule has 3 aromatic heterocycles. The van der Waals surface area contributed by atoms with Crippen molar-refractivity contribution in [2.75, 3.05) is 11.9 Å². The van der Waals surface area contributed by atoms with Crippen molar-refractivity contribution in [2.45, 2.75) is 13.5 Å². The van der Waals surface area contributed by atoms with Gasteiger partial charge in [0.15, 0.2) is 5.82 Å². The zero-order chi connectivity index (χ0) is 15.1. The molecule has 0 bridgehead atoms. The molecule has 0 saturated heterocycles. The average Bonchev–Trinajstić information content (AvgIpc) is 3.09. The van der Waals surface area contributed by atoms with E-state index in [0.29, 0.717) is 0 Å². The van der Waals surface area contributed by atoms with Crippen LogP contribution in [0.25, 0.3) is 15.6 Å². The first kappa shape index (κ1) is 13.3. The number of nitrogens with zero attached hydrogens (tertiary/aromatic N) is 4. The standard InChI is InChI=1S/C17H16N4S/c1-12-9-15-17(18-7-8-21(15)19-12)20(2)10-13-11-22-16-6-4-3-5-14(13)16/h3-9,11H,10H2,1-2H3. The van der Waals surface area contributed by atoms with E-state index in [-0.39, 0.29) is 0 Å². The summed E-state index contributed by atoms with van der Waals surface area (Å²) >= 11 is 1.79. The summed E-state index contributed by atoms with van der Waals surface area (Å²) in [6.07, 6.45) is 3.69. The molecule has 0 unspecified atom stereocenters. The summed E-state index contributed by atoms with van der Waals surface area (Å²) in [5, 5.41) is 8.02. The highest BCUT2D eigenvalue weighted by molar-refractivity contribution is 7.17.